The summed E-state index contributed by atoms with van der Waals surface area (Å²) in [6.07, 6.45) is 6.22. The van der Waals surface area contributed by atoms with Crippen LogP contribution in [0.25, 0.3) is 5.57 Å². The molecule has 0 fully saturated rings. The number of nitrogens with one attached hydrogen (secondary N) is 3. The highest BCUT2D eigenvalue weighted by molar-refractivity contribution is 5.73. The van der Waals surface area contributed by atoms with E-state index in [0.717, 1.165) is 17.6 Å². The summed E-state index contributed by atoms with van der Waals surface area (Å²) < 4.78 is 0. The van der Waals surface area contributed by atoms with Gasteiger partial charge in [-0.15, -0.1) is 0 Å². The fourth-order valence-electron chi connectivity index (χ4n) is 2.35. The van der Waals surface area contributed by atoms with E-state index in [2.05, 4.69) is 29.7 Å². The van der Waals surface area contributed by atoms with Gasteiger partial charge in [-0.2, -0.15) is 0 Å². The van der Waals surface area contributed by atoms with E-state index in [4.69, 9.17) is 5.11 Å². The van der Waals surface area contributed by atoms with Crippen molar-refractivity contribution in [2.24, 2.45) is 0 Å². The van der Waals surface area contributed by atoms with Crippen LogP contribution in [-0.4, -0.2) is 36.2 Å². The molecule has 1 aromatic carbocycles. The molecular formula is C19H28N4O2. The number of aliphatic carboxylic acids is 1. The summed E-state index contributed by atoms with van der Waals surface area (Å²) in [6.45, 7) is 5.96. The topological polar surface area (TPSA) is 76.6 Å². The molecule has 0 aliphatic heterocycles. The van der Waals surface area contributed by atoms with Crippen molar-refractivity contribution in [2.75, 3.05) is 14.1 Å². The zero-order valence-electron chi connectivity index (χ0n) is 15.1. The minimum atomic E-state index is -0.883. The lowest BCUT2D eigenvalue weighted by atomic mass is 10.1. The molecule has 1 aromatic rings. The van der Waals surface area contributed by atoms with Crippen LogP contribution in [0.2, 0.25) is 0 Å². The summed E-state index contributed by atoms with van der Waals surface area (Å²) >= 11 is 0. The summed E-state index contributed by atoms with van der Waals surface area (Å²) in [5, 5.41) is 12.0. The van der Waals surface area contributed by atoms with Gasteiger partial charge in [-0.05, 0) is 24.6 Å². The van der Waals surface area contributed by atoms with Gasteiger partial charge in [0, 0.05) is 25.1 Å². The zero-order chi connectivity index (χ0) is 18.7. The van der Waals surface area contributed by atoms with Gasteiger partial charge in [0.15, 0.2) is 0 Å². The van der Waals surface area contributed by atoms with Crippen LogP contribution >= 0.6 is 0 Å². The van der Waals surface area contributed by atoms with E-state index in [1.165, 1.54) is 0 Å². The van der Waals surface area contributed by atoms with Crippen LogP contribution in [-0.2, 0) is 4.79 Å². The molecule has 136 valence electrons. The number of carboxylic acid groups (broad SMARTS) is 1. The first-order valence-corrected chi connectivity index (χ1v) is 8.25. The van der Waals surface area contributed by atoms with Crippen molar-refractivity contribution in [3.05, 3.63) is 66.6 Å². The zero-order valence-corrected chi connectivity index (χ0v) is 15.1. The first-order valence-electron chi connectivity index (χ1n) is 8.25. The average molecular weight is 344 g/mol. The number of allylic oxidation sites excluding steroid dienone is 2. The van der Waals surface area contributed by atoms with Crippen LogP contribution in [0.4, 0.5) is 0 Å². The summed E-state index contributed by atoms with van der Waals surface area (Å²) in [5.41, 5.74) is 8.72. The average Bonchev–Trinajstić information content (AvgIpc) is 2.62. The van der Waals surface area contributed by atoms with E-state index in [9.17, 15) is 4.79 Å². The molecule has 0 radical (unpaired) electrons. The Kier molecular flexibility index (Phi) is 9.06. The molecule has 6 nitrogen and oxygen atoms in total. The number of carbonyl (C=O) groups is 1. The summed E-state index contributed by atoms with van der Waals surface area (Å²) in [6, 6.07) is 9.93. The Balaban J connectivity index is 3.28. The maximum absolute atomic E-state index is 11.1. The second-order valence-corrected chi connectivity index (χ2v) is 5.40. The van der Waals surface area contributed by atoms with Gasteiger partial charge in [-0.25, -0.2) is 5.43 Å². The van der Waals surface area contributed by atoms with Crippen LogP contribution in [0, 0.1) is 0 Å². The van der Waals surface area contributed by atoms with Gasteiger partial charge in [-0.3, -0.25) is 10.2 Å². The molecule has 0 heterocycles. The van der Waals surface area contributed by atoms with Crippen LogP contribution in [0.15, 0.2) is 61.1 Å². The van der Waals surface area contributed by atoms with E-state index in [-0.39, 0.29) is 12.6 Å². The van der Waals surface area contributed by atoms with Gasteiger partial charge in [0.05, 0.1) is 12.6 Å². The summed E-state index contributed by atoms with van der Waals surface area (Å²) in [7, 11) is 3.52. The lowest BCUT2D eigenvalue weighted by Gasteiger charge is -2.29. The second kappa shape index (κ2) is 11.1. The third-order valence-electron chi connectivity index (χ3n) is 3.64. The van der Waals surface area contributed by atoms with Gasteiger partial charge in [0.1, 0.15) is 0 Å². The number of hydrogen-bond donors (Lipinski definition) is 4. The minimum Gasteiger partial charge on any atom is -0.481 e. The Morgan fingerprint density at radius 1 is 1.28 bits per heavy atom. The Labute approximate surface area is 149 Å². The van der Waals surface area contributed by atoms with Gasteiger partial charge in [0.2, 0.25) is 0 Å². The van der Waals surface area contributed by atoms with Gasteiger partial charge in [-0.1, -0.05) is 49.9 Å². The lowest BCUT2D eigenvalue weighted by molar-refractivity contribution is -0.136. The molecule has 6 heteroatoms. The quantitative estimate of drug-likeness (QED) is 0.281. The molecule has 0 bridgehead atoms. The monoisotopic (exact) mass is 344 g/mol. The van der Waals surface area contributed by atoms with E-state index < -0.39 is 5.97 Å². The third-order valence-corrected chi connectivity index (χ3v) is 3.64. The second-order valence-electron chi connectivity index (χ2n) is 5.40. The van der Waals surface area contributed by atoms with Crippen molar-refractivity contribution >= 4 is 11.5 Å². The van der Waals surface area contributed by atoms with Crippen molar-refractivity contribution in [2.45, 2.75) is 25.9 Å². The smallest absolute Gasteiger partial charge is 0.309 e. The molecule has 1 rings (SSSR count). The molecule has 1 atom stereocenters. The Bertz CT molecular complexity index is 611. The molecule has 0 amide bonds. The molecule has 0 aromatic heterocycles. The number of benzene rings is 1. The van der Waals surface area contributed by atoms with E-state index in [0.29, 0.717) is 5.70 Å². The van der Waals surface area contributed by atoms with Crippen molar-refractivity contribution < 1.29 is 9.90 Å². The number of hydrogen-bond acceptors (Lipinski definition) is 5. The standard InChI is InChI=1S/C19H28N4O2/c1-5-15(16-10-8-7-9-11-16)13-23(18(6-2)22-21-4)14-17(20-3)12-19(24)25/h5,7-11,13-14,18,20-22H,1,6,12H2,2-4H3,(H,24,25)/b15-13+,17-14-/t18-/m1/s1. The maximum Gasteiger partial charge on any atom is 0.309 e. The van der Waals surface area contributed by atoms with E-state index in [1.54, 1.807) is 26.4 Å². The lowest BCUT2D eigenvalue weighted by Crippen LogP contribution is -2.46. The SMILES string of the molecule is C=C/C(=C\N(/C=C(/CC(=O)O)NC)[C@H](CC)NNC)c1ccccc1. The molecule has 0 unspecified atom stereocenters. The van der Waals surface area contributed by atoms with Crippen molar-refractivity contribution in [1.29, 1.82) is 0 Å². The highest BCUT2D eigenvalue weighted by atomic mass is 16.4. The van der Waals surface area contributed by atoms with Crippen molar-refractivity contribution in [3.63, 3.8) is 0 Å². The molecular weight excluding hydrogens is 316 g/mol. The Morgan fingerprint density at radius 3 is 2.44 bits per heavy atom. The van der Waals surface area contributed by atoms with Crippen LogP contribution in [0.3, 0.4) is 0 Å². The first kappa shape index (κ1) is 20.5. The highest BCUT2D eigenvalue weighted by Crippen LogP contribution is 2.18. The number of nitrogens with zero attached hydrogens (tertiary/aromatic N) is 1. The molecule has 0 aliphatic rings. The number of hydrazine groups is 1. The Morgan fingerprint density at radius 2 is 1.96 bits per heavy atom. The largest absolute Gasteiger partial charge is 0.481 e. The van der Waals surface area contributed by atoms with Crippen LogP contribution in [0.1, 0.15) is 25.3 Å². The first-order chi connectivity index (χ1) is 12.0. The fraction of sp³-hybridized carbons (Fsp3) is 0.316. The molecule has 25 heavy (non-hydrogen) atoms. The predicted molar refractivity (Wildman–Crippen MR) is 102 cm³/mol. The third kappa shape index (κ3) is 6.82. The van der Waals surface area contributed by atoms with Gasteiger partial charge < -0.3 is 15.3 Å². The Hall–Kier alpha value is -2.57. The maximum atomic E-state index is 11.1. The molecule has 0 aliphatic carbocycles. The number of rotatable bonds is 11. The van der Waals surface area contributed by atoms with Crippen LogP contribution < -0.4 is 16.2 Å². The molecule has 0 saturated heterocycles. The normalized spacial score (nSPS) is 13.2. The van der Waals surface area contributed by atoms with E-state index >= 15 is 0 Å². The van der Waals surface area contributed by atoms with Gasteiger partial charge >= 0.3 is 5.97 Å². The van der Waals surface area contributed by atoms with Crippen LogP contribution in [0.5, 0.6) is 0 Å². The highest BCUT2D eigenvalue weighted by Gasteiger charge is 2.14. The van der Waals surface area contributed by atoms with E-state index in [1.807, 2.05) is 41.4 Å². The molecule has 0 saturated carbocycles. The molecule has 4 N–H and O–H groups in total. The molecule has 0 spiro atoms. The fourth-order valence-corrected chi connectivity index (χ4v) is 2.35. The van der Waals surface area contributed by atoms with Crippen molar-refractivity contribution in [3.8, 4) is 0 Å². The van der Waals surface area contributed by atoms with Crippen molar-refractivity contribution in [1.82, 2.24) is 21.1 Å². The minimum absolute atomic E-state index is 0.0548. The summed E-state index contributed by atoms with van der Waals surface area (Å²) in [4.78, 5) is 13.0. The number of carboxylic acids is 1. The van der Waals surface area contributed by atoms with Gasteiger partial charge in [0.25, 0.3) is 0 Å². The predicted octanol–water partition coefficient (Wildman–Crippen LogP) is 2.51. The summed E-state index contributed by atoms with van der Waals surface area (Å²) in [5.74, 6) is -0.883.